The third-order valence-electron chi connectivity index (χ3n) is 4.80. The molecule has 0 saturated heterocycles. The molecule has 0 aliphatic heterocycles. The van der Waals surface area contributed by atoms with Crippen LogP contribution in [0.3, 0.4) is 0 Å². The van der Waals surface area contributed by atoms with Crippen molar-refractivity contribution in [1.29, 1.82) is 0 Å². The molecular formula is C21H20F3N3O3S. The maximum atomic E-state index is 13.0. The van der Waals surface area contributed by atoms with Gasteiger partial charge < -0.3 is 5.32 Å². The molecule has 31 heavy (non-hydrogen) atoms. The fraction of sp³-hybridized carbons (Fsp3) is 0.238. The van der Waals surface area contributed by atoms with Crippen molar-refractivity contribution in [3.8, 4) is 5.69 Å². The maximum Gasteiger partial charge on any atom is 0.416 e. The molecule has 3 rings (SSSR count). The van der Waals surface area contributed by atoms with E-state index >= 15 is 0 Å². The molecule has 0 unspecified atom stereocenters. The average molecular weight is 451 g/mol. The van der Waals surface area contributed by atoms with Gasteiger partial charge in [0, 0.05) is 23.1 Å². The molecule has 0 aliphatic carbocycles. The van der Waals surface area contributed by atoms with Crippen LogP contribution in [0.4, 0.5) is 13.2 Å². The van der Waals surface area contributed by atoms with E-state index in [0.717, 1.165) is 18.4 Å². The van der Waals surface area contributed by atoms with Gasteiger partial charge in [0.05, 0.1) is 28.4 Å². The Labute approximate surface area is 177 Å². The fourth-order valence-electron chi connectivity index (χ4n) is 3.15. The van der Waals surface area contributed by atoms with Crippen molar-refractivity contribution in [3.63, 3.8) is 0 Å². The molecule has 1 amide bonds. The SMILES string of the molecule is Cc1c([C@H](C)NC(=O)c2cccc(S(C)(=O)=O)c2)cnn1-c1cccc(C(F)(F)F)c1. The fourth-order valence-corrected chi connectivity index (χ4v) is 3.81. The van der Waals surface area contributed by atoms with Gasteiger partial charge in [-0.1, -0.05) is 12.1 Å². The van der Waals surface area contributed by atoms with Crippen LogP contribution >= 0.6 is 0 Å². The quantitative estimate of drug-likeness (QED) is 0.634. The van der Waals surface area contributed by atoms with Crippen LogP contribution in [-0.4, -0.2) is 30.4 Å². The van der Waals surface area contributed by atoms with Gasteiger partial charge in [0.25, 0.3) is 5.91 Å². The van der Waals surface area contributed by atoms with E-state index in [1.807, 2.05) is 0 Å². The number of carbonyl (C=O) groups excluding carboxylic acids is 1. The van der Waals surface area contributed by atoms with Crippen molar-refractivity contribution in [1.82, 2.24) is 15.1 Å². The molecule has 0 spiro atoms. The highest BCUT2D eigenvalue weighted by Crippen LogP contribution is 2.31. The predicted octanol–water partition coefficient (Wildman–Crippen LogP) is 4.09. The molecule has 0 bridgehead atoms. The van der Waals surface area contributed by atoms with Crippen molar-refractivity contribution >= 4 is 15.7 Å². The molecular weight excluding hydrogens is 431 g/mol. The van der Waals surface area contributed by atoms with Crippen molar-refractivity contribution in [2.24, 2.45) is 0 Å². The average Bonchev–Trinajstić information content (AvgIpc) is 3.08. The van der Waals surface area contributed by atoms with Crippen LogP contribution in [0.5, 0.6) is 0 Å². The molecule has 0 fully saturated rings. The molecule has 0 saturated carbocycles. The number of rotatable bonds is 5. The van der Waals surface area contributed by atoms with Gasteiger partial charge in [-0.2, -0.15) is 18.3 Å². The lowest BCUT2D eigenvalue weighted by molar-refractivity contribution is -0.137. The third kappa shape index (κ3) is 4.96. The van der Waals surface area contributed by atoms with Gasteiger partial charge in [0.2, 0.25) is 0 Å². The summed E-state index contributed by atoms with van der Waals surface area (Å²) >= 11 is 0. The summed E-state index contributed by atoms with van der Waals surface area (Å²) in [7, 11) is -3.46. The van der Waals surface area contributed by atoms with Crippen LogP contribution in [-0.2, 0) is 16.0 Å². The number of halogens is 3. The molecule has 10 heteroatoms. The Kier molecular flexibility index (Phi) is 5.95. The van der Waals surface area contributed by atoms with Gasteiger partial charge >= 0.3 is 6.18 Å². The van der Waals surface area contributed by atoms with Crippen molar-refractivity contribution in [2.75, 3.05) is 6.26 Å². The van der Waals surface area contributed by atoms with Crippen molar-refractivity contribution in [3.05, 3.63) is 77.1 Å². The Balaban J connectivity index is 1.84. The predicted molar refractivity (Wildman–Crippen MR) is 109 cm³/mol. The number of alkyl halides is 3. The minimum atomic E-state index is -4.47. The highest BCUT2D eigenvalue weighted by atomic mass is 32.2. The van der Waals surface area contributed by atoms with E-state index in [0.29, 0.717) is 11.3 Å². The summed E-state index contributed by atoms with van der Waals surface area (Å²) in [5.41, 5.74) is 0.825. The molecule has 0 aliphatic rings. The Bertz CT molecular complexity index is 1230. The standard InChI is InChI=1S/C21H20F3N3O3S/c1-13(26-20(28)15-6-4-9-18(10-15)31(3,29)30)19-12-25-27(14(19)2)17-8-5-7-16(11-17)21(22,23)24/h4-13H,1-3H3,(H,26,28)/t13-/m0/s1. The van der Waals surface area contributed by atoms with E-state index in [1.54, 1.807) is 13.8 Å². The third-order valence-corrected chi connectivity index (χ3v) is 5.91. The van der Waals surface area contributed by atoms with Gasteiger partial charge in [-0.25, -0.2) is 13.1 Å². The first-order valence-corrected chi connectivity index (χ1v) is 11.1. The van der Waals surface area contributed by atoms with Crippen LogP contribution in [0.25, 0.3) is 5.69 Å². The molecule has 6 nitrogen and oxygen atoms in total. The monoisotopic (exact) mass is 451 g/mol. The molecule has 2 aromatic carbocycles. The minimum Gasteiger partial charge on any atom is -0.345 e. The number of hydrogen-bond acceptors (Lipinski definition) is 4. The number of nitrogens with zero attached hydrogens (tertiary/aromatic N) is 2. The lowest BCUT2D eigenvalue weighted by atomic mass is 10.1. The zero-order valence-corrected chi connectivity index (χ0v) is 17.8. The van der Waals surface area contributed by atoms with Gasteiger partial charge in [-0.3, -0.25) is 4.79 Å². The molecule has 1 heterocycles. The normalized spacial score (nSPS) is 13.1. The second-order valence-corrected chi connectivity index (χ2v) is 9.16. The first-order valence-electron chi connectivity index (χ1n) is 9.21. The van der Waals surface area contributed by atoms with E-state index in [4.69, 9.17) is 0 Å². The van der Waals surface area contributed by atoms with E-state index < -0.39 is 33.5 Å². The van der Waals surface area contributed by atoms with E-state index in [2.05, 4.69) is 10.4 Å². The summed E-state index contributed by atoms with van der Waals surface area (Å²) in [5.74, 6) is -0.482. The molecule has 1 N–H and O–H groups in total. The maximum absolute atomic E-state index is 13.0. The highest BCUT2D eigenvalue weighted by molar-refractivity contribution is 7.90. The molecule has 1 atom stereocenters. The Morgan fingerprint density at radius 1 is 1.13 bits per heavy atom. The number of benzene rings is 2. The summed E-state index contributed by atoms with van der Waals surface area (Å²) in [6.45, 7) is 3.40. The second kappa shape index (κ2) is 8.18. The minimum absolute atomic E-state index is 0.0290. The number of nitrogens with one attached hydrogen (secondary N) is 1. The second-order valence-electron chi connectivity index (χ2n) is 7.14. The molecule has 0 radical (unpaired) electrons. The number of hydrogen-bond donors (Lipinski definition) is 1. The van der Waals surface area contributed by atoms with Crippen LogP contribution in [0.1, 0.15) is 40.1 Å². The Morgan fingerprint density at radius 2 is 1.81 bits per heavy atom. The Morgan fingerprint density at radius 3 is 2.45 bits per heavy atom. The lowest BCUT2D eigenvalue weighted by Gasteiger charge is -2.15. The summed E-state index contributed by atoms with van der Waals surface area (Å²) in [6.07, 6.45) is -1.94. The summed E-state index contributed by atoms with van der Waals surface area (Å²) in [6, 6.07) is 9.95. The molecule has 164 valence electrons. The van der Waals surface area contributed by atoms with E-state index in [1.165, 1.54) is 47.3 Å². The smallest absolute Gasteiger partial charge is 0.345 e. The van der Waals surface area contributed by atoms with E-state index in [-0.39, 0.29) is 16.1 Å². The summed E-state index contributed by atoms with van der Waals surface area (Å²) in [4.78, 5) is 12.6. The number of sulfone groups is 1. The van der Waals surface area contributed by atoms with E-state index in [9.17, 15) is 26.4 Å². The van der Waals surface area contributed by atoms with Crippen molar-refractivity contribution < 1.29 is 26.4 Å². The number of carbonyl (C=O) groups is 1. The highest BCUT2D eigenvalue weighted by Gasteiger charge is 2.30. The zero-order chi connectivity index (χ0) is 23.0. The molecule has 3 aromatic rings. The van der Waals surface area contributed by atoms with Crippen LogP contribution in [0, 0.1) is 6.92 Å². The van der Waals surface area contributed by atoms with Gasteiger partial charge in [-0.05, 0) is 50.2 Å². The van der Waals surface area contributed by atoms with Crippen LogP contribution < -0.4 is 5.32 Å². The van der Waals surface area contributed by atoms with Crippen LogP contribution in [0.15, 0.2) is 59.6 Å². The lowest BCUT2D eigenvalue weighted by Crippen LogP contribution is -2.27. The first kappa shape index (κ1) is 22.5. The first-order chi connectivity index (χ1) is 14.4. The van der Waals surface area contributed by atoms with Gasteiger partial charge in [0.1, 0.15) is 0 Å². The van der Waals surface area contributed by atoms with Crippen molar-refractivity contribution in [2.45, 2.75) is 31.0 Å². The zero-order valence-electron chi connectivity index (χ0n) is 16.9. The number of aromatic nitrogens is 2. The Hall–Kier alpha value is -3.14. The molecule has 1 aromatic heterocycles. The summed E-state index contributed by atoms with van der Waals surface area (Å²) in [5, 5.41) is 6.94. The largest absolute Gasteiger partial charge is 0.416 e. The number of amides is 1. The van der Waals surface area contributed by atoms with Gasteiger partial charge in [-0.15, -0.1) is 0 Å². The summed E-state index contributed by atoms with van der Waals surface area (Å²) < 4.78 is 63.8. The van der Waals surface area contributed by atoms with Gasteiger partial charge in [0.15, 0.2) is 9.84 Å². The van der Waals surface area contributed by atoms with Crippen LogP contribution in [0.2, 0.25) is 0 Å². The topological polar surface area (TPSA) is 81.1 Å².